The summed E-state index contributed by atoms with van der Waals surface area (Å²) < 4.78 is 32.9. The largest absolute Gasteiger partial charge is 0.481 e. The van der Waals surface area contributed by atoms with Crippen LogP contribution in [-0.2, 0) is 19.7 Å². The van der Waals surface area contributed by atoms with E-state index in [0.717, 1.165) is 0 Å². The van der Waals surface area contributed by atoms with E-state index in [1.165, 1.54) is 7.11 Å². The quantitative estimate of drug-likeness (QED) is 0.568. The van der Waals surface area contributed by atoms with E-state index in [0.29, 0.717) is 5.56 Å². The highest BCUT2D eigenvalue weighted by molar-refractivity contribution is 7.87. The molecule has 0 radical (unpaired) electrons. The lowest BCUT2D eigenvalue weighted by atomic mass is 10.1. The molecule has 0 heterocycles. The lowest BCUT2D eigenvalue weighted by Gasteiger charge is -2.17. The fraction of sp³-hybridized carbons (Fsp3) is 0.417. The number of benzene rings is 1. The van der Waals surface area contributed by atoms with E-state index in [4.69, 9.17) is 9.84 Å². The number of nitrogens with one attached hydrogen (secondary N) is 2. The summed E-state index contributed by atoms with van der Waals surface area (Å²) in [5, 5.41) is 8.88. The molecule has 8 heteroatoms. The van der Waals surface area contributed by atoms with Gasteiger partial charge in [-0.05, 0) is 5.56 Å². The number of hydrogen-bond donors (Lipinski definition) is 3. The summed E-state index contributed by atoms with van der Waals surface area (Å²) in [6.45, 7) is 0.344. The number of methoxy groups -OCH3 is 1. The lowest BCUT2D eigenvalue weighted by Crippen LogP contribution is -2.40. The summed E-state index contributed by atoms with van der Waals surface area (Å²) in [6.07, 6.45) is -0.338. The van der Waals surface area contributed by atoms with Crippen molar-refractivity contribution in [2.75, 3.05) is 20.3 Å². The monoisotopic (exact) mass is 302 g/mol. The van der Waals surface area contributed by atoms with Crippen LogP contribution in [0.15, 0.2) is 30.3 Å². The maximum atomic E-state index is 11.8. The topological polar surface area (TPSA) is 105 Å². The standard InChI is InChI=1S/C12H18N2O5S/c1-19-8-7-13-20(17,18)14-11(9-12(15)16)10-5-3-2-4-6-10/h2-6,11,13-14H,7-9H2,1H3,(H,15,16). The highest BCUT2D eigenvalue weighted by atomic mass is 32.2. The van der Waals surface area contributed by atoms with Crippen LogP contribution in [0.5, 0.6) is 0 Å². The fourth-order valence-electron chi connectivity index (χ4n) is 1.59. The van der Waals surface area contributed by atoms with Gasteiger partial charge in [-0.1, -0.05) is 30.3 Å². The third-order valence-electron chi connectivity index (χ3n) is 2.48. The minimum Gasteiger partial charge on any atom is -0.481 e. The van der Waals surface area contributed by atoms with Crippen molar-refractivity contribution in [1.29, 1.82) is 0 Å². The number of carbonyl (C=O) groups is 1. The zero-order chi connectivity index (χ0) is 15.0. The van der Waals surface area contributed by atoms with Gasteiger partial charge in [-0.3, -0.25) is 4.79 Å². The van der Waals surface area contributed by atoms with Gasteiger partial charge in [0.15, 0.2) is 0 Å². The van der Waals surface area contributed by atoms with Gasteiger partial charge in [0.1, 0.15) is 0 Å². The van der Waals surface area contributed by atoms with Crippen LogP contribution in [0.3, 0.4) is 0 Å². The predicted octanol–water partition coefficient (Wildman–Crippen LogP) is 0.273. The Morgan fingerprint density at radius 2 is 2.00 bits per heavy atom. The average molecular weight is 302 g/mol. The molecule has 7 nitrogen and oxygen atoms in total. The molecule has 0 aliphatic rings. The van der Waals surface area contributed by atoms with Crippen LogP contribution < -0.4 is 9.44 Å². The summed E-state index contributed by atoms with van der Waals surface area (Å²) in [5.74, 6) is -1.08. The van der Waals surface area contributed by atoms with Crippen LogP contribution in [0.2, 0.25) is 0 Å². The molecule has 1 rings (SSSR count). The van der Waals surface area contributed by atoms with Crippen molar-refractivity contribution in [3.05, 3.63) is 35.9 Å². The van der Waals surface area contributed by atoms with E-state index in [-0.39, 0.29) is 19.6 Å². The Hall–Kier alpha value is -1.48. The Morgan fingerprint density at radius 1 is 1.35 bits per heavy atom. The van der Waals surface area contributed by atoms with Crippen molar-refractivity contribution in [3.8, 4) is 0 Å². The normalized spacial score (nSPS) is 13.1. The summed E-state index contributed by atoms with van der Waals surface area (Å²) in [7, 11) is -2.33. The molecule has 0 aliphatic heterocycles. The summed E-state index contributed by atoms with van der Waals surface area (Å²) in [5.41, 5.74) is 0.590. The first kappa shape index (κ1) is 16.6. The molecule has 0 bridgehead atoms. The van der Waals surface area contributed by atoms with Gasteiger partial charge in [0.2, 0.25) is 0 Å². The molecule has 1 aromatic carbocycles. The molecule has 1 aromatic rings. The van der Waals surface area contributed by atoms with E-state index in [2.05, 4.69) is 9.44 Å². The van der Waals surface area contributed by atoms with Crippen molar-refractivity contribution in [2.24, 2.45) is 0 Å². The van der Waals surface area contributed by atoms with Crippen molar-refractivity contribution < 1.29 is 23.1 Å². The average Bonchev–Trinajstić information content (AvgIpc) is 2.38. The minimum atomic E-state index is -3.79. The number of hydrogen-bond acceptors (Lipinski definition) is 4. The van der Waals surface area contributed by atoms with Crippen molar-refractivity contribution >= 4 is 16.2 Å². The summed E-state index contributed by atoms with van der Waals surface area (Å²) in [4.78, 5) is 10.9. The van der Waals surface area contributed by atoms with Gasteiger partial charge in [-0.2, -0.15) is 17.9 Å². The smallest absolute Gasteiger partial charge is 0.305 e. The zero-order valence-electron chi connectivity index (χ0n) is 11.1. The van der Waals surface area contributed by atoms with E-state index in [1.54, 1.807) is 30.3 Å². The van der Waals surface area contributed by atoms with E-state index in [1.807, 2.05) is 0 Å². The van der Waals surface area contributed by atoms with Crippen molar-refractivity contribution in [2.45, 2.75) is 12.5 Å². The Labute approximate surface area is 118 Å². The highest BCUT2D eigenvalue weighted by Gasteiger charge is 2.21. The molecule has 0 saturated heterocycles. The Morgan fingerprint density at radius 3 is 2.55 bits per heavy atom. The molecule has 3 N–H and O–H groups in total. The van der Waals surface area contributed by atoms with E-state index < -0.39 is 22.2 Å². The highest BCUT2D eigenvalue weighted by Crippen LogP contribution is 2.17. The molecule has 1 atom stereocenters. The first-order chi connectivity index (χ1) is 9.44. The van der Waals surface area contributed by atoms with Crippen LogP contribution in [0.25, 0.3) is 0 Å². The Balaban J connectivity index is 2.77. The number of carboxylic acid groups (broad SMARTS) is 1. The number of carboxylic acids is 1. The molecule has 0 fully saturated rings. The van der Waals surface area contributed by atoms with Gasteiger partial charge in [-0.25, -0.2) is 0 Å². The van der Waals surface area contributed by atoms with Gasteiger partial charge < -0.3 is 9.84 Å². The second-order valence-electron chi connectivity index (χ2n) is 4.07. The van der Waals surface area contributed by atoms with Crippen molar-refractivity contribution in [3.63, 3.8) is 0 Å². The maximum Gasteiger partial charge on any atom is 0.305 e. The molecule has 0 amide bonds. The van der Waals surface area contributed by atoms with E-state index in [9.17, 15) is 13.2 Å². The molecular formula is C12H18N2O5S. The molecule has 20 heavy (non-hydrogen) atoms. The number of ether oxygens (including phenoxy) is 1. The summed E-state index contributed by atoms with van der Waals surface area (Å²) in [6, 6.07) is 7.73. The molecular weight excluding hydrogens is 284 g/mol. The molecule has 0 aromatic heterocycles. The second kappa shape index (κ2) is 7.95. The molecule has 112 valence electrons. The SMILES string of the molecule is COCCNS(=O)(=O)NC(CC(=O)O)c1ccccc1. The minimum absolute atomic E-state index is 0.112. The third kappa shape index (κ3) is 6.11. The zero-order valence-corrected chi connectivity index (χ0v) is 11.9. The van der Waals surface area contributed by atoms with Crippen LogP contribution in [0.4, 0.5) is 0 Å². The van der Waals surface area contributed by atoms with Crippen molar-refractivity contribution in [1.82, 2.24) is 9.44 Å². The molecule has 0 saturated carbocycles. The van der Waals surface area contributed by atoms with Gasteiger partial charge in [-0.15, -0.1) is 0 Å². The van der Waals surface area contributed by atoms with Gasteiger partial charge >= 0.3 is 5.97 Å². The van der Waals surface area contributed by atoms with Crippen LogP contribution >= 0.6 is 0 Å². The van der Waals surface area contributed by atoms with Gasteiger partial charge in [0.05, 0.1) is 19.1 Å². The first-order valence-electron chi connectivity index (χ1n) is 5.97. The fourth-order valence-corrected chi connectivity index (χ4v) is 2.62. The first-order valence-corrected chi connectivity index (χ1v) is 7.45. The van der Waals surface area contributed by atoms with E-state index >= 15 is 0 Å². The molecule has 1 unspecified atom stereocenters. The Kier molecular flexibility index (Phi) is 6.59. The third-order valence-corrected chi connectivity index (χ3v) is 3.66. The van der Waals surface area contributed by atoms with Crippen LogP contribution in [0, 0.1) is 0 Å². The van der Waals surface area contributed by atoms with Gasteiger partial charge in [0.25, 0.3) is 10.2 Å². The lowest BCUT2D eigenvalue weighted by molar-refractivity contribution is -0.137. The molecule has 0 aliphatic carbocycles. The molecule has 0 spiro atoms. The Bertz CT molecular complexity index is 518. The van der Waals surface area contributed by atoms with Gasteiger partial charge in [0, 0.05) is 13.7 Å². The summed E-state index contributed by atoms with van der Waals surface area (Å²) >= 11 is 0. The number of aliphatic carboxylic acids is 1. The van der Waals surface area contributed by atoms with Crippen LogP contribution in [0.1, 0.15) is 18.0 Å². The predicted molar refractivity (Wildman–Crippen MR) is 73.4 cm³/mol. The number of rotatable bonds is 9. The van der Waals surface area contributed by atoms with Crippen LogP contribution in [-0.4, -0.2) is 39.8 Å². The second-order valence-corrected chi connectivity index (χ2v) is 5.60. The maximum absolute atomic E-state index is 11.8.